The van der Waals surface area contributed by atoms with Gasteiger partial charge in [-0.3, -0.25) is 10.1 Å². The molecule has 8 nitrogen and oxygen atoms in total. The predicted molar refractivity (Wildman–Crippen MR) is 103 cm³/mol. The average Bonchev–Trinajstić information content (AvgIpc) is 2.69. The van der Waals surface area contributed by atoms with Gasteiger partial charge in [0, 0.05) is 12.1 Å². The molecule has 0 atom stereocenters. The smallest absolute Gasteiger partial charge is 0.273 e. The normalized spacial score (nSPS) is 12.2. The van der Waals surface area contributed by atoms with Gasteiger partial charge in [-0.15, -0.1) is 0 Å². The Bertz CT molecular complexity index is 1350. The molecule has 0 bridgehead atoms. The van der Waals surface area contributed by atoms with Crippen LogP contribution in [0, 0.1) is 15.5 Å². The summed E-state index contributed by atoms with van der Waals surface area (Å²) in [6.07, 6.45) is 0. The molecule has 138 valence electrons. The Morgan fingerprint density at radius 2 is 1.96 bits per heavy atom. The van der Waals surface area contributed by atoms with E-state index in [1.165, 1.54) is 24.3 Å². The monoisotopic (exact) mass is 414 g/mol. The van der Waals surface area contributed by atoms with Crippen molar-refractivity contribution in [2.45, 2.75) is 0 Å². The van der Waals surface area contributed by atoms with Gasteiger partial charge in [-0.25, -0.2) is 4.98 Å². The predicted octanol–water partition coefficient (Wildman–Crippen LogP) is 5.48. The van der Waals surface area contributed by atoms with Gasteiger partial charge >= 0.3 is 0 Å². The van der Waals surface area contributed by atoms with E-state index in [0.717, 1.165) is 0 Å². The molecule has 5 rings (SSSR count). The number of ether oxygens (including phenoxy) is 1. The molecule has 0 radical (unpaired) electrons. The molecule has 0 aromatic heterocycles. The number of benzene rings is 3. The summed E-state index contributed by atoms with van der Waals surface area (Å²) in [5.74, 6) is 0.840. The van der Waals surface area contributed by atoms with E-state index in [4.69, 9.17) is 37.8 Å². The lowest BCUT2D eigenvalue weighted by Crippen LogP contribution is -2.06. The molecule has 2 heterocycles. The number of fused-ring (bicyclic) bond motifs is 4. The molecule has 0 fully saturated rings. The molecule has 2 aliphatic heterocycles. The lowest BCUT2D eigenvalue weighted by atomic mass is 10.1. The van der Waals surface area contributed by atoms with Crippen molar-refractivity contribution >= 4 is 51.4 Å². The molecule has 10 heteroatoms. The Kier molecular flexibility index (Phi) is 3.49. The molecule has 2 aromatic carbocycles. The molecule has 1 aliphatic carbocycles. The number of halogens is 2. The molecule has 3 aliphatic rings. The molecule has 28 heavy (non-hydrogen) atoms. The van der Waals surface area contributed by atoms with E-state index < -0.39 is 4.92 Å². The van der Waals surface area contributed by atoms with Gasteiger partial charge in [0.15, 0.2) is 22.8 Å². The summed E-state index contributed by atoms with van der Waals surface area (Å²) in [4.78, 5) is 15.0. The SMILES string of the molecule is N=c1ccc2nc3c(Cl)c4c(c(Cl)c3oc-2c1)Nc1ccc([N+](=O)[O-])cc1O4. The third-order valence-corrected chi connectivity index (χ3v) is 5.03. The molecule has 0 amide bonds. The second-order valence-corrected chi connectivity index (χ2v) is 6.83. The van der Waals surface area contributed by atoms with Crippen molar-refractivity contribution in [3.8, 4) is 23.0 Å². The first-order valence-electron chi connectivity index (χ1n) is 7.96. The van der Waals surface area contributed by atoms with Crippen LogP contribution in [0.3, 0.4) is 0 Å². The van der Waals surface area contributed by atoms with Crippen LogP contribution in [0.2, 0.25) is 10.0 Å². The second kappa shape index (κ2) is 5.82. The number of anilines is 2. The highest BCUT2D eigenvalue weighted by Crippen LogP contribution is 2.53. The number of nitrogens with one attached hydrogen (secondary N) is 2. The number of nitro groups is 1. The van der Waals surface area contributed by atoms with Gasteiger partial charge in [-0.05, 0) is 18.2 Å². The standard InChI is InChI=1S/C18H8Cl2N4O4/c19-13-16-18(28-12-6-8(24(25)26)2-4-10(12)23-16)14(20)15-17(13)27-11-5-7(21)1-3-9(11)22-15/h1-6,21,23H. The van der Waals surface area contributed by atoms with Crippen LogP contribution >= 0.6 is 23.2 Å². The number of aromatic nitrogens is 1. The quantitative estimate of drug-likeness (QED) is 0.213. The maximum Gasteiger partial charge on any atom is 0.273 e. The number of rotatable bonds is 1. The first-order chi connectivity index (χ1) is 13.4. The molecular formula is C18H8Cl2N4O4. The summed E-state index contributed by atoms with van der Waals surface area (Å²) in [5, 5.41) is 22.5. The Labute approximate surface area is 166 Å². The van der Waals surface area contributed by atoms with Crippen molar-refractivity contribution in [2.24, 2.45) is 0 Å². The van der Waals surface area contributed by atoms with E-state index in [0.29, 0.717) is 22.8 Å². The van der Waals surface area contributed by atoms with Crippen LogP contribution in [0.5, 0.6) is 11.5 Å². The van der Waals surface area contributed by atoms with Crippen LogP contribution in [-0.2, 0) is 0 Å². The third kappa shape index (κ3) is 2.39. The zero-order valence-electron chi connectivity index (χ0n) is 13.7. The largest absolute Gasteiger partial charge is 0.451 e. The fourth-order valence-corrected chi connectivity index (χ4v) is 3.53. The minimum atomic E-state index is -0.513. The second-order valence-electron chi connectivity index (χ2n) is 6.07. The summed E-state index contributed by atoms with van der Waals surface area (Å²) in [5.41, 5.74) is 1.78. The van der Waals surface area contributed by atoms with Crippen LogP contribution in [0.15, 0.2) is 40.8 Å². The Balaban J connectivity index is 1.77. The lowest BCUT2D eigenvalue weighted by Gasteiger charge is -2.24. The van der Waals surface area contributed by atoms with Crippen molar-refractivity contribution in [1.82, 2.24) is 4.98 Å². The lowest BCUT2D eigenvalue weighted by molar-refractivity contribution is -0.384. The number of non-ortho nitro benzene ring substituents is 1. The summed E-state index contributed by atoms with van der Waals surface area (Å²) >= 11 is 13.0. The highest BCUT2D eigenvalue weighted by molar-refractivity contribution is 6.43. The maximum atomic E-state index is 11.0. The molecule has 0 saturated carbocycles. The maximum absolute atomic E-state index is 11.0. The number of nitro benzene ring substituents is 1. The van der Waals surface area contributed by atoms with E-state index >= 15 is 0 Å². The van der Waals surface area contributed by atoms with Crippen molar-refractivity contribution < 1.29 is 14.1 Å². The molecule has 0 saturated heterocycles. The van der Waals surface area contributed by atoms with Crippen LogP contribution in [0.4, 0.5) is 17.1 Å². The fraction of sp³-hybridized carbons (Fsp3) is 0. The topological polar surface area (TPSA) is 114 Å². The van der Waals surface area contributed by atoms with E-state index in [2.05, 4.69) is 10.3 Å². The number of nitrogens with zero attached hydrogens (tertiary/aromatic N) is 2. The van der Waals surface area contributed by atoms with Crippen LogP contribution < -0.4 is 15.4 Å². The first kappa shape index (κ1) is 16.8. The molecule has 2 aromatic rings. The van der Waals surface area contributed by atoms with E-state index in [1.54, 1.807) is 12.1 Å². The third-order valence-electron chi connectivity index (χ3n) is 4.32. The van der Waals surface area contributed by atoms with Crippen LogP contribution in [0.25, 0.3) is 22.6 Å². The molecule has 2 N–H and O–H groups in total. The van der Waals surface area contributed by atoms with Gasteiger partial charge in [-0.2, -0.15) is 0 Å². The van der Waals surface area contributed by atoms with Crippen molar-refractivity contribution in [3.05, 3.63) is 61.9 Å². The van der Waals surface area contributed by atoms with Crippen LogP contribution in [-0.4, -0.2) is 9.91 Å². The zero-order valence-corrected chi connectivity index (χ0v) is 15.3. The summed E-state index contributed by atoms with van der Waals surface area (Å²) in [6, 6.07) is 8.93. The van der Waals surface area contributed by atoms with Gasteiger partial charge in [0.05, 0.1) is 22.0 Å². The Hall–Kier alpha value is -3.36. The minimum Gasteiger partial charge on any atom is -0.451 e. The minimum absolute atomic E-state index is 0.114. The van der Waals surface area contributed by atoms with Gasteiger partial charge in [0.25, 0.3) is 5.69 Å². The summed E-state index contributed by atoms with van der Waals surface area (Å²) in [7, 11) is 0. The number of hydrogen-bond donors (Lipinski definition) is 2. The molecule has 0 spiro atoms. The number of hydrogen-bond acceptors (Lipinski definition) is 7. The van der Waals surface area contributed by atoms with Crippen molar-refractivity contribution in [2.75, 3.05) is 5.32 Å². The zero-order chi connectivity index (χ0) is 19.6. The van der Waals surface area contributed by atoms with E-state index in [-0.39, 0.29) is 43.7 Å². The van der Waals surface area contributed by atoms with Crippen LogP contribution in [0.1, 0.15) is 0 Å². The Morgan fingerprint density at radius 3 is 2.75 bits per heavy atom. The summed E-state index contributed by atoms with van der Waals surface area (Å²) in [6.45, 7) is 0. The highest BCUT2D eigenvalue weighted by atomic mass is 35.5. The van der Waals surface area contributed by atoms with E-state index in [1.807, 2.05) is 0 Å². The van der Waals surface area contributed by atoms with E-state index in [9.17, 15) is 10.1 Å². The van der Waals surface area contributed by atoms with Gasteiger partial charge in [0.1, 0.15) is 26.9 Å². The van der Waals surface area contributed by atoms with Gasteiger partial charge in [-0.1, -0.05) is 23.2 Å². The van der Waals surface area contributed by atoms with Crippen molar-refractivity contribution in [1.29, 1.82) is 5.41 Å². The van der Waals surface area contributed by atoms with Gasteiger partial charge in [0.2, 0.25) is 0 Å². The molecule has 0 unspecified atom stereocenters. The van der Waals surface area contributed by atoms with Crippen molar-refractivity contribution in [3.63, 3.8) is 0 Å². The first-order valence-corrected chi connectivity index (χ1v) is 8.71. The molecular weight excluding hydrogens is 407 g/mol. The Morgan fingerprint density at radius 1 is 1.14 bits per heavy atom. The summed E-state index contributed by atoms with van der Waals surface area (Å²) < 4.78 is 11.7. The average molecular weight is 415 g/mol. The highest BCUT2D eigenvalue weighted by Gasteiger charge is 2.29. The van der Waals surface area contributed by atoms with Gasteiger partial charge < -0.3 is 19.9 Å². The fourth-order valence-electron chi connectivity index (χ4n) is 3.01.